The van der Waals surface area contributed by atoms with Crippen molar-refractivity contribution in [2.75, 3.05) is 5.88 Å². The first-order valence-corrected chi connectivity index (χ1v) is 5.32. The third-order valence-electron chi connectivity index (χ3n) is 2.15. The zero-order chi connectivity index (χ0) is 11.5. The summed E-state index contributed by atoms with van der Waals surface area (Å²) in [6.45, 7) is 4.07. The van der Waals surface area contributed by atoms with Crippen LogP contribution in [0.25, 0.3) is 0 Å². The Morgan fingerprint density at radius 3 is 2.80 bits per heavy atom. The molecule has 0 spiro atoms. The lowest BCUT2D eigenvalue weighted by Crippen LogP contribution is -2.37. The maximum absolute atomic E-state index is 11.6. The van der Waals surface area contributed by atoms with Gasteiger partial charge in [0.05, 0.1) is 17.7 Å². The van der Waals surface area contributed by atoms with Crippen LogP contribution in [0.1, 0.15) is 19.5 Å². The minimum absolute atomic E-state index is 0.0526. The van der Waals surface area contributed by atoms with Crippen LogP contribution in [0.3, 0.4) is 0 Å². The maximum atomic E-state index is 11.6. The van der Waals surface area contributed by atoms with Gasteiger partial charge in [-0.1, -0.05) is 0 Å². The Bertz CT molecular complexity index is 346. The normalized spacial score (nSPS) is 11.5. The van der Waals surface area contributed by atoms with Gasteiger partial charge in [-0.15, -0.1) is 11.6 Å². The molecule has 1 amide bonds. The van der Waals surface area contributed by atoms with Gasteiger partial charge in [-0.3, -0.25) is 9.48 Å². The van der Waals surface area contributed by atoms with E-state index in [0.29, 0.717) is 12.4 Å². The Morgan fingerprint density at radius 2 is 2.33 bits per heavy atom. The van der Waals surface area contributed by atoms with Crippen molar-refractivity contribution in [3.8, 4) is 0 Å². The number of hydrogen-bond donors (Lipinski definition) is 1. The van der Waals surface area contributed by atoms with Crippen molar-refractivity contribution in [1.82, 2.24) is 15.1 Å². The SMILES string of the molecule is Cn1ccc(CNC(=O)C(C)(C)CCl)n1. The summed E-state index contributed by atoms with van der Waals surface area (Å²) in [6, 6.07) is 1.87. The minimum atomic E-state index is -0.531. The van der Waals surface area contributed by atoms with Crippen molar-refractivity contribution in [1.29, 1.82) is 0 Å². The van der Waals surface area contributed by atoms with E-state index in [9.17, 15) is 4.79 Å². The molecule has 1 aromatic rings. The molecule has 0 bridgehead atoms. The number of aryl methyl sites for hydroxylation is 1. The molecule has 0 aliphatic rings. The first kappa shape index (κ1) is 12.0. The number of hydrogen-bond acceptors (Lipinski definition) is 2. The zero-order valence-electron chi connectivity index (χ0n) is 9.25. The largest absolute Gasteiger partial charge is 0.350 e. The molecule has 1 N–H and O–H groups in total. The van der Waals surface area contributed by atoms with Crippen molar-refractivity contribution in [3.05, 3.63) is 18.0 Å². The van der Waals surface area contributed by atoms with Gasteiger partial charge in [0.15, 0.2) is 0 Å². The lowest BCUT2D eigenvalue weighted by molar-refractivity contribution is -0.128. The fourth-order valence-electron chi connectivity index (χ4n) is 1.03. The molecule has 0 saturated heterocycles. The van der Waals surface area contributed by atoms with Crippen LogP contribution in [0.4, 0.5) is 0 Å². The molecule has 84 valence electrons. The summed E-state index contributed by atoms with van der Waals surface area (Å²) in [4.78, 5) is 11.6. The van der Waals surface area contributed by atoms with E-state index >= 15 is 0 Å². The van der Waals surface area contributed by atoms with E-state index in [4.69, 9.17) is 11.6 Å². The van der Waals surface area contributed by atoms with Gasteiger partial charge in [0, 0.05) is 19.1 Å². The van der Waals surface area contributed by atoms with Crippen LogP contribution in [0, 0.1) is 5.41 Å². The molecule has 0 radical (unpaired) electrons. The number of carbonyl (C=O) groups excluding carboxylic acids is 1. The monoisotopic (exact) mass is 229 g/mol. The molecular weight excluding hydrogens is 214 g/mol. The van der Waals surface area contributed by atoms with E-state index in [1.165, 1.54) is 0 Å². The van der Waals surface area contributed by atoms with Gasteiger partial charge in [-0.05, 0) is 19.9 Å². The highest BCUT2D eigenvalue weighted by atomic mass is 35.5. The second-order valence-electron chi connectivity index (χ2n) is 4.18. The predicted molar refractivity (Wildman–Crippen MR) is 59.6 cm³/mol. The molecule has 4 nitrogen and oxygen atoms in total. The highest BCUT2D eigenvalue weighted by molar-refractivity contribution is 6.19. The molecule has 15 heavy (non-hydrogen) atoms. The van der Waals surface area contributed by atoms with Crippen molar-refractivity contribution >= 4 is 17.5 Å². The molecule has 0 fully saturated rings. The van der Waals surface area contributed by atoms with Crippen LogP contribution in [0.5, 0.6) is 0 Å². The summed E-state index contributed by atoms with van der Waals surface area (Å²) in [5.41, 5.74) is 0.312. The smallest absolute Gasteiger partial charge is 0.227 e. The predicted octanol–water partition coefficient (Wildman–Crippen LogP) is 1.30. The van der Waals surface area contributed by atoms with Crippen LogP contribution in [0.2, 0.25) is 0 Å². The van der Waals surface area contributed by atoms with E-state index < -0.39 is 5.41 Å². The molecular formula is C10H16ClN3O. The van der Waals surface area contributed by atoms with Crippen LogP contribution >= 0.6 is 11.6 Å². The number of nitrogens with one attached hydrogen (secondary N) is 1. The van der Waals surface area contributed by atoms with E-state index in [0.717, 1.165) is 5.69 Å². The van der Waals surface area contributed by atoms with Gasteiger partial charge in [0.2, 0.25) is 5.91 Å². The fraction of sp³-hybridized carbons (Fsp3) is 0.600. The van der Waals surface area contributed by atoms with Crippen molar-refractivity contribution in [3.63, 3.8) is 0 Å². The number of aromatic nitrogens is 2. The first-order chi connectivity index (χ1) is 6.95. The Hall–Kier alpha value is -1.03. The van der Waals surface area contributed by atoms with Crippen molar-refractivity contribution < 1.29 is 4.79 Å². The lowest BCUT2D eigenvalue weighted by Gasteiger charge is -2.19. The number of halogens is 1. The Kier molecular flexibility index (Phi) is 3.74. The van der Waals surface area contributed by atoms with E-state index in [1.54, 1.807) is 4.68 Å². The van der Waals surface area contributed by atoms with Gasteiger partial charge < -0.3 is 5.32 Å². The van der Waals surface area contributed by atoms with Crippen LogP contribution in [-0.4, -0.2) is 21.6 Å². The molecule has 0 unspecified atom stereocenters. The third-order valence-corrected chi connectivity index (χ3v) is 2.82. The molecule has 5 heteroatoms. The maximum Gasteiger partial charge on any atom is 0.227 e. The van der Waals surface area contributed by atoms with E-state index in [1.807, 2.05) is 33.2 Å². The molecule has 1 rings (SSSR count). The topological polar surface area (TPSA) is 46.9 Å². The fourth-order valence-corrected chi connectivity index (χ4v) is 1.15. The van der Waals surface area contributed by atoms with Gasteiger partial charge in [0.1, 0.15) is 0 Å². The number of carbonyl (C=O) groups is 1. The minimum Gasteiger partial charge on any atom is -0.350 e. The summed E-state index contributed by atoms with van der Waals surface area (Å²) < 4.78 is 1.70. The highest BCUT2D eigenvalue weighted by Gasteiger charge is 2.26. The third kappa shape index (κ3) is 3.23. The number of alkyl halides is 1. The van der Waals surface area contributed by atoms with Crippen LogP contribution in [-0.2, 0) is 18.4 Å². The van der Waals surface area contributed by atoms with Gasteiger partial charge in [-0.25, -0.2) is 0 Å². The molecule has 0 aromatic carbocycles. The van der Waals surface area contributed by atoms with Gasteiger partial charge in [0.25, 0.3) is 0 Å². The summed E-state index contributed by atoms with van der Waals surface area (Å²) in [6.07, 6.45) is 1.84. The Balaban J connectivity index is 2.47. The Morgan fingerprint density at radius 1 is 1.67 bits per heavy atom. The van der Waals surface area contributed by atoms with Crippen molar-refractivity contribution in [2.24, 2.45) is 12.5 Å². The summed E-state index contributed by atoms with van der Waals surface area (Å²) in [5, 5.41) is 6.96. The highest BCUT2D eigenvalue weighted by Crippen LogP contribution is 2.16. The van der Waals surface area contributed by atoms with Crippen LogP contribution < -0.4 is 5.32 Å². The molecule has 0 aliphatic carbocycles. The quantitative estimate of drug-likeness (QED) is 0.792. The van der Waals surface area contributed by atoms with E-state index in [-0.39, 0.29) is 5.91 Å². The van der Waals surface area contributed by atoms with E-state index in [2.05, 4.69) is 10.4 Å². The second kappa shape index (κ2) is 4.66. The van der Waals surface area contributed by atoms with Crippen LogP contribution in [0.15, 0.2) is 12.3 Å². The van der Waals surface area contributed by atoms with Gasteiger partial charge >= 0.3 is 0 Å². The molecule has 0 aliphatic heterocycles. The lowest BCUT2D eigenvalue weighted by atomic mass is 9.95. The second-order valence-corrected chi connectivity index (χ2v) is 4.45. The number of nitrogens with zero attached hydrogens (tertiary/aromatic N) is 2. The van der Waals surface area contributed by atoms with Crippen molar-refractivity contribution in [2.45, 2.75) is 20.4 Å². The molecule has 0 atom stereocenters. The summed E-state index contributed by atoms with van der Waals surface area (Å²) >= 11 is 5.69. The summed E-state index contributed by atoms with van der Waals surface area (Å²) in [5.74, 6) is 0.254. The molecule has 1 heterocycles. The average Bonchev–Trinajstić information content (AvgIpc) is 2.60. The first-order valence-electron chi connectivity index (χ1n) is 4.78. The standard InChI is InChI=1S/C10H16ClN3O/c1-10(2,7-11)9(15)12-6-8-4-5-14(3)13-8/h4-5H,6-7H2,1-3H3,(H,12,15). The number of rotatable bonds is 4. The summed E-state index contributed by atoms with van der Waals surface area (Å²) in [7, 11) is 1.84. The molecule has 0 saturated carbocycles. The average molecular weight is 230 g/mol. The molecule has 1 aromatic heterocycles. The number of amides is 1. The zero-order valence-corrected chi connectivity index (χ0v) is 10.0. The van der Waals surface area contributed by atoms with Gasteiger partial charge in [-0.2, -0.15) is 5.10 Å². The Labute approximate surface area is 94.6 Å².